The van der Waals surface area contributed by atoms with Crippen LogP contribution >= 0.6 is 0 Å². The standard InChI is InChI=1S/C18H19F3N8O2/c1-12(30)15-10-28(26-24-15)6-2-3-7-29-11-16(25-27-29)17(31)23-9-14-8-13(4-5-22-14)18(19,20)21/h4-5,8,10-11H,2-3,6-7,9H2,1H3,(H,23,31). The predicted molar refractivity (Wildman–Crippen MR) is 99.7 cm³/mol. The van der Waals surface area contributed by atoms with Crippen molar-refractivity contribution in [2.75, 3.05) is 0 Å². The molecule has 0 fully saturated rings. The first-order valence-electron chi connectivity index (χ1n) is 9.34. The molecule has 0 saturated carbocycles. The Morgan fingerprint density at radius 2 is 1.65 bits per heavy atom. The van der Waals surface area contributed by atoms with Crippen molar-refractivity contribution in [3.63, 3.8) is 0 Å². The van der Waals surface area contributed by atoms with E-state index in [0.717, 1.165) is 24.8 Å². The Morgan fingerprint density at radius 3 is 2.23 bits per heavy atom. The molecule has 13 heteroatoms. The molecule has 0 radical (unpaired) electrons. The highest BCUT2D eigenvalue weighted by atomic mass is 19.4. The van der Waals surface area contributed by atoms with Gasteiger partial charge in [-0.1, -0.05) is 10.4 Å². The number of nitrogens with zero attached hydrogens (tertiary/aromatic N) is 7. The molecule has 3 heterocycles. The molecule has 0 unspecified atom stereocenters. The summed E-state index contributed by atoms with van der Waals surface area (Å²) in [5.41, 5.74) is -0.390. The van der Waals surface area contributed by atoms with Gasteiger partial charge in [0.15, 0.2) is 11.5 Å². The van der Waals surface area contributed by atoms with Crippen LogP contribution in [0.25, 0.3) is 0 Å². The molecule has 0 aliphatic carbocycles. The number of alkyl halides is 3. The van der Waals surface area contributed by atoms with Gasteiger partial charge in [-0.15, -0.1) is 10.2 Å². The first kappa shape index (κ1) is 22.1. The Hall–Kier alpha value is -3.64. The van der Waals surface area contributed by atoms with Gasteiger partial charge in [-0.3, -0.25) is 23.9 Å². The minimum atomic E-state index is -4.48. The van der Waals surface area contributed by atoms with Gasteiger partial charge in [0, 0.05) is 26.2 Å². The van der Waals surface area contributed by atoms with Gasteiger partial charge in [0.25, 0.3) is 5.91 Å². The lowest BCUT2D eigenvalue weighted by Gasteiger charge is -2.08. The fourth-order valence-electron chi connectivity index (χ4n) is 2.64. The number of aryl methyl sites for hydroxylation is 2. The van der Waals surface area contributed by atoms with Gasteiger partial charge in [-0.2, -0.15) is 13.2 Å². The highest BCUT2D eigenvalue weighted by Crippen LogP contribution is 2.28. The van der Waals surface area contributed by atoms with E-state index < -0.39 is 17.6 Å². The van der Waals surface area contributed by atoms with Crippen molar-refractivity contribution >= 4 is 11.7 Å². The van der Waals surface area contributed by atoms with Gasteiger partial charge < -0.3 is 5.32 Å². The van der Waals surface area contributed by atoms with Gasteiger partial charge in [-0.25, -0.2) is 0 Å². The summed E-state index contributed by atoms with van der Waals surface area (Å²) in [5, 5.41) is 17.8. The van der Waals surface area contributed by atoms with E-state index in [2.05, 4.69) is 30.9 Å². The monoisotopic (exact) mass is 436 g/mol. The number of ketones is 1. The van der Waals surface area contributed by atoms with Gasteiger partial charge in [0.05, 0.1) is 30.2 Å². The number of carbonyl (C=O) groups is 2. The molecule has 164 valence electrons. The molecule has 0 aliphatic heterocycles. The number of hydrogen-bond acceptors (Lipinski definition) is 7. The highest BCUT2D eigenvalue weighted by Gasteiger charge is 2.30. The molecule has 0 aromatic carbocycles. The third-order valence-electron chi connectivity index (χ3n) is 4.27. The minimum absolute atomic E-state index is 0.0503. The number of amides is 1. The van der Waals surface area contributed by atoms with Crippen molar-refractivity contribution < 1.29 is 22.8 Å². The normalized spacial score (nSPS) is 11.5. The number of pyridine rings is 1. The van der Waals surface area contributed by atoms with Crippen LogP contribution in [-0.4, -0.2) is 46.7 Å². The van der Waals surface area contributed by atoms with E-state index in [-0.39, 0.29) is 23.7 Å². The van der Waals surface area contributed by atoms with E-state index in [4.69, 9.17) is 0 Å². The zero-order chi connectivity index (χ0) is 22.4. The molecule has 3 rings (SSSR count). The Morgan fingerprint density at radius 1 is 1.03 bits per heavy atom. The number of unbranched alkanes of at least 4 members (excludes halogenated alkanes) is 1. The summed E-state index contributed by atoms with van der Waals surface area (Å²) >= 11 is 0. The van der Waals surface area contributed by atoms with Crippen molar-refractivity contribution in [2.24, 2.45) is 0 Å². The van der Waals surface area contributed by atoms with E-state index in [0.29, 0.717) is 25.2 Å². The Bertz CT molecular complexity index is 1060. The Balaban J connectivity index is 1.44. The van der Waals surface area contributed by atoms with Crippen LogP contribution in [0, 0.1) is 0 Å². The largest absolute Gasteiger partial charge is 0.416 e. The summed E-state index contributed by atoms with van der Waals surface area (Å²) in [6, 6.07) is 1.74. The lowest BCUT2D eigenvalue weighted by Crippen LogP contribution is -2.24. The summed E-state index contributed by atoms with van der Waals surface area (Å²) in [5.74, 6) is -0.714. The highest BCUT2D eigenvalue weighted by molar-refractivity contribution is 5.92. The Kier molecular flexibility index (Phi) is 6.72. The second-order valence-corrected chi connectivity index (χ2v) is 6.71. The van der Waals surface area contributed by atoms with Crippen molar-refractivity contribution in [1.82, 2.24) is 40.3 Å². The lowest BCUT2D eigenvalue weighted by atomic mass is 10.2. The molecular formula is C18H19F3N8O2. The molecule has 10 nitrogen and oxygen atoms in total. The number of nitrogens with one attached hydrogen (secondary N) is 1. The number of Topliss-reactive ketones (excluding diaryl/α,β-unsaturated/α-hetero) is 1. The maximum atomic E-state index is 12.7. The van der Waals surface area contributed by atoms with Crippen molar-refractivity contribution in [3.05, 3.63) is 53.4 Å². The molecular weight excluding hydrogens is 417 g/mol. The van der Waals surface area contributed by atoms with Gasteiger partial charge in [0.1, 0.15) is 5.69 Å². The van der Waals surface area contributed by atoms with Crippen LogP contribution in [-0.2, 0) is 25.8 Å². The fourth-order valence-corrected chi connectivity index (χ4v) is 2.64. The fraction of sp³-hybridized carbons (Fsp3) is 0.389. The first-order valence-corrected chi connectivity index (χ1v) is 9.34. The maximum Gasteiger partial charge on any atom is 0.416 e. The topological polar surface area (TPSA) is 120 Å². The molecule has 31 heavy (non-hydrogen) atoms. The molecule has 1 amide bonds. The predicted octanol–water partition coefficient (Wildman–Crippen LogP) is 1.90. The summed E-state index contributed by atoms with van der Waals surface area (Å²) < 4.78 is 41.3. The average Bonchev–Trinajstić information content (AvgIpc) is 3.39. The molecule has 0 saturated heterocycles. The van der Waals surface area contributed by atoms with E-state index >= 15 is 0 Å². The third kappa shape index (κ3) is 6.17. The number of hydrogen-bond donors (Lipinski definition) is 1. The van der Waals surface area contributed by atoms with Crippen LogP contribution in [0.5, 0.6) is 0 Å². The second kappa shape index (κ2) is 9.45. The minimum Gasteiger partial charge on any atom is -0.345 e. The van der Waals surface area contributed by atoms with Crippen molar-refractivity contribution in [2.45, 2.75) is 45.6 Å². The SMILES string of the molecule is CC(=O)c1cn(CCCCn2cc(C(=O)NCc3cc(C(F)(F)F)ccn3)nn2)nn1. The van der Waals surface area contributed by atoms with E-state index in [1.165, 1.54) is 17.8 Å². The van der Waals surface area contributed by atoms with E-state index in [1.807, 2.05) is 0 Å². The van der Waals surface area contributed by atoms with Crippen molar-refractivity contribution in [3.8, 4) is 0 Å². The van der Waals surface area contributed by atoms with Gasteiger partial charge in [0.2, 0.25) is 0 Å². The van der Waals surface area contributed by atoms with Gasteiger partial charge >= 0.3 is 6.18 Å². The third-order valence-corrected chi connectivity index (χ3v) is 4.27. The van der Waals surface area contributed by atoms with Crippen LogP contribution < -0.4 is 5.32 Å². The number of rotatable bonds is 9. The average molecular weight is 436 g/mol. The molecule has 0 aliphatic rings. The number of aromatic nitrogens is 7. The van der Waals surface area contributed by atoms with Crippen LogP contribution in [0.1, 0.15) is 52.0 Å². The van der Waals surface area contributed by atoms with Crippen LogP contribution in [0.4, 0.5) is 13.2 Å². The Labute approximate surface area is 174 Å². The molecule has 0 spiro atoms. The number of halogens is 3. The summed E-state index contributed by atoms with van der Waals surface area (Å²) in [6.07, 6.45) is 1.06. The van der Waals surface area contributed by atoms with Crippen LogP contribution in [0.3, 0.4) is 0 Å². The zero-order valence-electron chi connectivity index (χ0n) is 16.5. The zero-order valence-corrected chi connectivity index (χ0v) is 16.5. The number of carbonyl (C=O) groups excluding carboxylic acids is 2. The lowest BCUT2D eigenvalue weighted by molar-refractivity contribution is -0.137. The van der Waals surface area contributed by atoms with Gasteiger partial charge in [-0.05, 0) is 25.0 Å². The molecule has 1 N–H and O–H groups in total. The second-order valence-electron chi connectivity index (χ2n) is 6.71. The quantitative estimate of drug-likeness (QED) is 0.402. The molecule has 3 aromatic heterocycles. The first-order chi connectivity index (χ1) is 14.7. The molecule has 3 aromatic rings. The smallest absolute Gasteiger partial charge is 0.345 e. The summed E-state index contributed by atoms with van der Waals surface area (Å²) in [6.45, 7) is 2.33. The summed E-state index contributed by atoms with van der Waals surface area (Å²) in [4.78, 5) is 27.2. The molecule has 0 atom stereocenters. The van der Waals surface area contributed by atoms with E-state index in [1.54, 1.807) is 10.9 Å². The van der Waals surface area contributed by atoms with Crippen molar-refractivity contribution in [1.29, 1.82) is 0 Å². The van der Waals surface area contributed by atoms with Crippen LogP contribution in [0.2, 0.25) is 0 Å². The maximum absolute atomic E-state index is 12.7. The summed E-state index contributed by atoms with van der Waals surface area (Å²) in [7, 11) is 0. The molecule has 0 bridgehead atoms. The van der Waals surface area contributed by atoms with E-state index in [9.17, 15) is 22.8 Å². The van der Waals surface area contributed by atoms with Crippen LogP contribution in [0.15, 0.2) is 30.7 Å².